The molecule has 0 aromatic heterocycles. The number of aliphatic hydroxyl groups is 1. The number of benzene rings is 1. The fraction of sp³-hybridized carbons (Fsp3) is 0.500. The summed E-state index contributed by atoms with van der Waals surface area (Å²) in [6, 6.07) is 8.14. The Balaban J connectivity index is 2.96. The largest absolute Gasteiger partial charge is 0.395 e. The zero-order valence-corrected chi connectivity index (χ0v) is 13.3. The van der Waals surface area contributed by atoms with E-state index in [-0.39, 0.29) is 13.2 Å². The smallest absolute Gasteiger partial charge is 0.353 e. The normalized spacial score (nSPS) is 11.1. The summed E-state index contributed by atoms with van der Waals surface area (Å²) < 4.78 is 0. The zero-order chi connectivity index (χ0) is 16.6. The number of aliphatic hydroxyl groups excluding tert-OH is 1. The lowest BCUT2D eigenvalue weighted by molar-refractivity contribution is -0.180. The Kier molecular flexibility index (Phi) is 7.01. The van der Waals surface area contributed by atoms with E-state index in [0.29, 0.717) is 18.5 Å². The van der Waals surface area contributed by atoms with Crippen molar-refractivity contribution in [1.29, 1.82) is 0 Å². The van der Waals surface area contributed by atoms with Gasteiger partial charge in [-0.25, -0.2) is 4.79 Å². The van der Waals surface area contributed by atoms with Crippen LogP contribution in [0.2, 0.25) is 0 Å². The van der Waals surface area contributed by atoms with Crippen molar-refractivity contribution in [3.8, 4) is 0 Å². The summed E-state index contributed by atoms with van der Waals surface area (Å²) in [4.78, 5) is 30.2. The van der Waals surface area contributed by atoms with Gasteiger partial charge in [-0.15, -0.1) is 5.06 Å². The molecule has 0 aliphatic rings. The maximum atomic E-state index is 12.7. The minimum absolute atomic E-state index is 0.170. The van der Waals surface area contributed by atoms with E-state index in [2.05, 4.69) is 5.32 Å². The summed E-state index contributed by atoms with van der Waals surface area (Å²) in [5.41, 5.74) is -0.448. The van der Waals surface area contributed by atoms with Crippen molar-refractivity contribution in [1.82, 2.24) is 5.06 Å². The van der Waals surface area contributed by atoms with E-state index in [1.165, 1.54) is 0 Å². The van der Waals surface area contributed by atoms with Crippen LogP contribution in [-0.4, -0.2) is 35.3 Å². The Morgan fingerprint density at radius 3 is 2.23 bits per heavy atom. The lowest BCUT2D eigenvalue weighted by atomic mass is 9.82. The molecular formula is C16H24N2O4. The summed E-state index contributed by atoms with van der Waals surface area (Å²) in [6.07, 6.45) is 0.835. The van der Waals surface area contributed by atoms with E-state index in [9.17, 15) is 14.7 Å². The lowest BCUT2D eigenvalue weighted by Gasteiger charge is -2.32. The number of hydrogen-bond acceptors (Lipinski definition) is 4. The van der Waals surface area contributed by atoms with Crippen molar-refractivity contribution in [2.24, 2.45) is 5.41 Å². The molecular weight excluding hydrogens is 284 g/mol. The number of hydrogen-bond donors (Lipinski definition) is 2. The number of anilines is 1. The van der Waals surface area contributed by atoms with E-state index >= 15 is 0 Å². The van der Waals surface area contributed by atoms with Crippen LogP contribution in [0.5, 0.6) is 0 Å². The molecule has 1 rings (SSSR count). The van der Waals surface area contributed by atoms with Gasteiger partial charge in [0.2, 0.25) is 0 Å². The maximum Gasteiger partial charge on any atom is 0.353 e. The average Bonchev–Trinajstić information content (AvgIpc) is 2.55. The molecule has 122 valence electrons. The third-order valence-electron chi connectivity index (χ3n) is 3.76. The first kappa shape index (κ1) is 18.1. The summed E-state index contributed by atoms with van der Waals surface area (Å²) in [7, 11) is 0. The molecule has 6 nitrogen and oxygen atoms in total. The molecule has 1 aromatic carbocycles. The third-order valence-corrected chi connectivity index (χ3v) is 3.76. The van der Waals surface area contributed by atoms with Crippen molar-refractivity contribution in [2.45, 2.75) is 33.6 Å². The number of nitrogens with zero attached hydrogens (tertiary/aromatic N) is 1. The van der Waals surface area contributed by atoms with Crippen LogP contribution in [0.1, 0.15) is 33.6 Å². The molecule has 0 atom stereocenters. The van der Waals surface area contributed by atoms with Gasteiger partial charge in [0.05, 0.1) is 18.6 Å². The highest BCUT2D eigenvalue weighted by atomic mass is 16.7. The highest BCUT2D eigenvalue weighted by Gasteiger charge is 2.41. The molecule has 3 amide bonds. The molecule has 0 radical (unpaired) electrons. The highest BCUT2D eigenvalue weighted by Crippen LogP contribution is 2.29. The molecule has 0 aliphatic heterocycles. The first-order chi connectivity index (χ1) is 10.5. The maximum absolute atomic E-state index is 12.7. The van der Waals surface area contributed by atoms with Crippen LogP contribution in [-0.2, 0) is 9.63 Å². The van der Waals surface area contributed by atoms with E-state index in [0.717, 1.165) is 5.06 Å². The molecule has 2 N–H and O–H groups in total. The Labute approximate surface area is 131 Å². The lowest BCUT2D eigenvalue weighted by Crippen LogP contribution is -2.49. The van der Waals surface area contributed by atoms with Gasteiger partial charge < -0.3 is 10.4 Å². The number of carbonyl (C=O) groups excluding carboxylic acids is 2. The first-order valence-corrected chi connectivity index (χ1v) is 7.49. The van der Waals surface area contributed by atoms with Gasteiger partial charge in [-0.3, -0.25) is 9.63 Å². The van der Waals surface area contributed by atoms with Crippen molar-refractivity contribution in [3.63, 3.8) is 0 Å². The molecule has 0 bridgehead atoms. The molecule has 0 unspecified atom stereocenters. The number of hydroxylamine groups is 2. The molecule has 0 spiro atoms. The van der Waals surface area contributed by atoms with Crippen LogP contribution in [0.25, 0.3) is 0 Å². The highest BCUT2D eigenvalue weighted by molar-refractivity contribution is 6.02. The van der Waals surface area contributed by atoms with Crippen molar-refractivity contribution in [3.05, 3.63) is 30.3 Å². The van der Waals surface area contributed by atoms with E-state index in [1.54, 1.807) is 45.0 Å². The van der Waals surface area contributed by atoms with Gasteiger partial charge in [0, 0.05) is 5.69 Å². The molecule has 22 heavy (non-hydrogen) atoms. The zero-order valence-electron chi connectivity index (χ0n) is 13.3. The third kappa shape index (κ3) is 4.05. The summed E-state index contributed by atoms with van der Waals surface area (Å²) in [6.45, 7) is 5.13. The summed E-state index contributed by atoms with van der Waals surface area (Å²) in [5, 5.41) is 12.9. The number of urea groups is 1. The number of carbonyl (C=O) groups is 2. The van der Waals surface area contributed by atoms with Gasteiger partial charge in [-0.05, 0) is 31.9 Å². The minimum atomic E-state index is -1.01. The van der Waals surface area contributed by atoms with E-state index in [1.807, 2.05) is 6.07 Å². The molecule has 0 aliphatic carbocycles. The summed E-state index contributed by atoms with van der Waals surface area (Å²) >= 11 is 0. The Morgan fingerprint density at radius 1 is 1.18 bits per heavy atom. The number of nitrogens with one attached hydrogen (secondary N) is 1. The predicted octanol–water partition coefficient (Wildman–Crippen LogP) is 2.80. The second-order valence-electron chi connectivity index (χ2n) is 4.96. The SMILES string of the molecule is CCON(C(=O)Nc1ccccc1)C(=O)C(CC)(CC)CO. The second-order valence-corrected chi connectivity index (χ2v) is 4.96. The van der Waals surface area contributed by atoms with Gasteiger partial charge in [-0.2, -0.15) is 0 Å². The van der Waals surface area contributed by atoms with Crippen molar-refractivity contribution < 1.29 is 19.5 Å². The fourth-order valence-corrected chi connectivity index (χ4v) is 2.09. The number of imide groups is 1. The van der Waals surface area contributed by atoms with Gasteiger partial charge in [0.1, 0.15) is 0 Å². The Bertz CT molecular complexity index is 478. The molecule has 0 fully saturated rings. The van der Waals surface area contributed by atoms with Crippen molar-refractivity contribution >= 4 is 17.6 Å². The topological polar surface area (TPSA) is 78.9 Å². The van der Waals surface area contributed by atoms with Crippen LogP contribution in [0.4, 0.5) is 10.5 Å². The first-order valence-electron chi connectivity index (χ1n) is 7.49. The van der Waals surface area contributed by atoms with E-state index in [4.69, 9.17) is 4.84 Å². The fourth-order valence-electron chi connectivity index (χ4n) is 2.09. The Morgan fingerprint density at radius 2 is 1.77 bits per heavy atom. The van der Waals surface area contributed by atoms with Crippen LogP contribution in [0.3, 0.4) is 0 Å². The van der Waals surface area contributed by atoms with Gasteiger partial charge in [0.25, 0.3) is 5.91 Å². The molecule has 0 saturated heterocycles. The van der Waals surface area contributed by atoms with Crippen molar-refractivity contribution in [2.75, 3.05) is 18.5 Å². The Hall–Kier alpha value is -1.92. The van der Waals surface area contributed by atoms with Crippen LogP contribution in [0, 0.1) is 5.41 Å². The number of rotatable bonds is 7. The molecule has 6 heteroatoms. The van der Waals surface area contributed by atoms with E-state index < -0.39 is 17.4 Å². The quantitative estimate of drug-likeness (QED) is 0.759. The number of amides is 3. The van der Waals surface area contributed by atoms with Crippen LogP contribution >= 0.6 is 0 Å². The predicted molar refractivity (Wildman–Crippen MR) is 84.0 cm³/mol. The second kappa shape index (κ2) is 8.51. The standard InChI is InChI=1S/C16H24N2O4/c1-4-16(5-2,12-19)14(20)18(22-6-3)15(21)17-13-10-8-7-9-11-13/h7-11,19H,4-6,12H2,1-3H3,(H,17,21). The van der Waals surface area contributed by atoms with Crippen LogP contribution < -0.4 is 5.32 Å². The van der Waals surface area contributed by atoms with Gasteiger partial charge in [-0.1, -0.05) is 32.0 Å². The van der Waals surface area contributed by atoms with Gasteiger partial charge >= 0.3 is 6.03 Å². The molecule has 1 aromatic rings. The summed E-state index contributed by atoms with van der Waals surface area (Å²) in [5.74, 6) is -0.532. The minimum Gasteiger partial charge on any atom is -0.395 e. The average molecular weight is 308 g/mol. The molecule has 0 saturated carbocycles. The molecule has 0 heterocycles. The number of para-hydroxylation sites is 1. The van der Waals surface area contributed by atoms with Crippen LogP contribution in [0.15, 0.2) is 30.3 Å². The van der Waals surface area contributed by atoms with Gasteiger partial charge in [0.15, 0.2) is 0 Å². The monoisotopic (exact) mass is 308 g/mol.